The number of nitrogen functional groups attached to an aromatic ring is 1. The average Bonchev–Trinajstić information content (AvgIpc) is 2.19. The molecule has 0 radical (unpaired) electrons. The first kappa shape index (κ1) is 14.9. The number of aryl methyl sites for hydroxylation is 1. The van der Waals surface area contributed by atoms with Crippen molar-refractivity contribution in [1.82, 2.24) is 0 Å². The third-order valence-electron chi connectivity index (χ3n) is 2.19. The Morgan fingerprint density at radius 3 is 2.39 bits per heavy atom. The Bertz CT molecular complexity index is 635. The zero-order valence-corrected chi connectivity index (χ0v) is 11.2. The molecule has 0 unspecified atom stereocenters. The van der Waals surface area contributed by atoms with Gasteiger partial charge >= 0.3 is 10.4 Å². The van der Waals surface area contributed by atoms with Gasteiger partial charge in [-0.15, -0.1) is 0 Å². The molecule has 0 bridgehead atoms. The predicted octanol–water partition coefficient (Wildman–Crippen LogP) is 0.170. The van der Waals surface area contributed by atoms with Gasteiger partial charge in [0.25, 0.3) is 0 Å². The Labute approximate surface area is 105 Å². The van der Waals surface area contributed by atoms with Crippen LogP contribution in [0.4, 0.5) is 5.69 Å². The van der Waals surface area contributed by atoms with E-state index in [9.17, 15) is 16.8 Å². The molecule has 0 aliphatic rings. The molecule has 7 nitrogen and oxygen atoms in total. The van der Waals surface area contributed by atoms with Gasteiger partial charge in [0.05, 0.1) is 17.3 Å². The molecule has 9 heteroatoms. The van der Waals surface area contributed by atoms with Crippen LogP contribution >= 0.6 is 0 Å². The molecule has 102 valence electrons. The Balaban J connectivity index is 2.84. The maximum absolute atomic E-state index is 11.8. The molecule has 1 aromatic carbocycles. The highest BCUT2D eigenvalue weighted by Crippen LogP contribution is 2.18. The minimum atomic E-state index is -4.63. The summed E-state index contributed by atoms with van der Waals surface area (Å²) in [5.41, 5.74) is 6.65. The maximum Gasteiger partial charge on any atom is 0.397 e. The van der Waals surface area contributed by atoms with Gasteiger partial charge in [0.15, 0.2) is 9.84 Å². The highest BCUT2D eigenvalue weighted by atomic mass is 32.3. The quantitative estimate of drug-likeness (QED) is 0.586. The summed E-state index contributed by atoms with van der Waals surface area (Å²) in [5, 5.41) is 0. The Kier molecular flexibility index (Phi) is 4.32. The van der Waals surface area contributed by atoms with E-state index in [1.54, 1.807) is 13.0 Å². The summed E-state index contributed by atoms with van der Waals surface area (Å²) < 4.78 is 56.3. The van der Waals surface area contributed by atoms with Gasteiger partial charge in [-0.2, -0.15) is 8.42 Å². The van der Waals surface area contributed by atoms with Crippen LogP contribution in [0.25, 0.3) is 0 Å². The van der Waals surface area contributed by atoms with Gasteiger partial charge in [0.1, 0.15) is 0 Å². The lowest BCUT2D eigenvalue weighted by molar-refractivity contribution is 0.284. The van der Waals surface area contributed by atoms with E-state index >= 15 is 0 Å². The first-order valence-corrected chi connectivity index (χ1v) is 7.84. The first-order chi connectivity index (χ1) is 8.12. The van der Waals surface area contributed by atoms with E-state index in [2.05, 4.69) is 4.18 Å². The molecule has 0 saturated heterocycles. The van der Waals surface area contributed by atoms with E-state index in [1.165, 1.54) is 12.1 Å². The lowest BCUT2D eigenvalue weighted by atomic mass is 10.2. The van der Waals surface area contributed by atoms with Crippen molar-refractivity contribution in [3.63, 3.8) is 0 Å². The van der Waals surface area contributed by atoms with Crippen molar-refractivity contribution in [2.75, 3.05) is 18.1 Å². The van der Waals surface area contributed by atoms with Gasteiger partial charge < -0.3 is 5.73 Å². The minimum Gasteiger partial charge on any atom is -0.398 e. The fourth-order valence-electron chi connectivity index (χ4n) is 1.18. The van der Waals surface area contributed by atoms with Crippen LogP contribution in [-0.4, -0.2) is 33.7 Å². The molecule has 0 heterocycles. The van der Waals surface area contributed by atoms with Crippen LogP contribution in [0.3, 0.4) is 0 Å². The van der Waals surface area contributed by atoms with E-state index in [4.69, 9.17) is 10.3 Å². The molecule has 0 aromatic heterocycles. The van der Waals surface area contributed by atoms with Crippen LogP contribution in [0.5, 0.6) is 0 Å². The van der Waals surface area contributed by atoms with Crippen LogP contribution in [0.1, 0.15) is 5.56 Å². The molecule has 0 aliphatic heterocycles. The van der Waals surface area contributed by atoms with Crippen molar-refractivity contribution >= 4 is 25.9 Å². The van der Waals surface area contributed by atoms with Crippen LogP contribution < -0.4 is 5.73 Å². The van der Waals surface area contributed by atoms with Gasteiger partial charge in [0, 0.05) is 5.69 Å². The van der Waals surface area contributed by atoms with Crippen LogP contribution in [-0.2, 0) is 24.4 Å². The number of benzene rings is 1. The second-order valence-corrected chi connectivity index (χ2v) is 6.79. The smallest absolute Gasteiger partial charge is 0.397 e. The topological polar surface area (TPSA) is 124 Å². The van der Waals surface area contributed by atoms with E-state index in [0.717, 1.165) is 5.56 Å². The molecule has 18 heavy (non-hydrogen) atoms. The summed E-state index contributed by atoms with van der Waals surface area (Å²) in [5.74, 6) is -0.574. The molecule has 0 atom stereocenters. The molecule has 0 saturated carbocycles. The van der Waals surface area contributed by atoms with Crippen LogP contribution in [0.2, 0.25) is 0 Å². The maximum atomic E-state index is 11.8. The van der Waals surface area contributed by atoms with Gasteiger partial charge in [-0.05, 0) is 24.6 Å². The highest BCUT2D eigenvalue weighted by Gasteiger charge is 2.17. The lowest BCUT2D eigenvalue weighted by Gasteiger charge is -2.06. The third-order valence-corrected chi connectivity index (χ3v) is 4.33. The molecule has 0 aliphatic carbocycles. The number of sulfone groups is 1. The van der Waals surface area contributed by atoms with E-state index in [-0.39, 0.29) is 4.90 Å². The third kappa shape index (κ3) is 4.26. The van der Waals surface area contributed by atoms with E-state index < -0.39 is 32.6 Å². The van der Waals surface area contributed by atoms with Crippen LogP contribution in [0, 0.1) is 6.92 Å². The predicted molar refractivity (Wildman–Crippen MR) is 65.1 cm³/mol. The molecular weight excluding hydrogens is 282 g/mol. The van der Waals surface area contributed by atoms with Crippen LogP contribution in [0.15, 0.2) is 23.1 Å². The molecule has 0 fully saturated rings. The SMILES string of the molecule is Cc1ccc(S(=O)(=O)CCOS(=O)(=O)O)cc1N. The second kappa shape index (κ2) is 5.22. The molecule has 0 spiro atoms. The van der Waals surface area contributed by atoms with Crippen molar-refractivity contribution in [2.24, 2.45) is 0 Å². The van der Waals surface area contributed by atoms with Crippen molar-refractivity contribution < 1.29 is 25.6 Å². The van der Waals surface area contributed by atoms with Crippen molar-refractivity contribution in [3.05, 3.63) is 23.8 Å². The Morgan fingerprint density at radius 2 is 1.89 bits per heavy atom. The molecule has 0 amide bonds. The molecule has 3 N–H and O–H groups in total. The molecule has 1 aromatic rings. The summed E-state index contributed by atoms with van der Waals surface area (Å²) in [7, 11) is -8.34. The van der Waals surface area contributed by atoms with E-state index in [0.29, 0.717) is 5.69 Å². The number of nitrogens with two attached hydrogens (primary N) is 1. The van der Waals surface area contributed by atoms with Gasteiger partial charge in [-0.1, -0.05) is 6.07 Å². The zero-order valence-electron chi connectivity index (χ0n) is 9.53. The fraction of sp³-hybridized carbons (Fsp3) is 0.333. The monoisotopic (exact) mass is 295 g/mol. The molecule has 1 rings (SSSR count). The van der Waals surface area contributed by atoms with Crippen molar-refractivity contribution in [3.8, 4) is 0 Å². The van der Waals surface area contributed by atoms with Crippen molar-refractivity contribution in [2.45, 2.75) is 11.8 Å². The number of rotatable bonds is 5. The summed E-state index contributed by atoms with van der Waals surface area (Å²) >= 11 is 0. The standard InChI is InChI=1S/C9H13NO6S2/c1-7-2-3-8(6-9(7)10)17(11,12)5-4-16-18(13,14)15/h2-3,6H,4-5,10H2,1H3,(H,13,14,15). The second-order valence-electron chi connectivity index (χ2n) is 3.59. The zero-order chi connectivity index (χ0) is 14.0. The largest absolute Gasteiger partial charge is 0.398 e. The first-order valence-electron chi connectivity index (χ1n) is 4.82. The van der Waals surface area contributed by atoms with E-state index in [1.807, 2.05) is 0 Å². The lowest BCUT2D eigenvalue weighted by Crippen LogP contribution is -2.15. The number of anilines is 1. The Hall–Kier alpha value is -1.16. The summed E-state index contributed by atoms with van der Waals surface area (Å²) in [6.45, 7) is 1.07. The van der Waals surface area contributed by atoms with Gasteiger partial charge in [-0.25, -0.2) is 12.6 Å². The fourth-order valence-corrected chi connectivity index (χ4v) is 2.70. The van der Waals surface area contributed by atoms with Gasteiger partial charge in [-0.3, -0.25) is 4.55 Å². The summed E-state index contributed by atoms with van der Waals surface area (Å²) in [6.07, 6.45) is 0. The molecular formula is C9H13NO6S2. The number of hydrogen-bond donors (Lipinski definition) is 2. The van der Waals surface area contributed by atoms with Gasteiger partial charge in [0.2, 0.25) is 0 Å². The average molecular weight is 295 g/mol. The number of hydrogen-bond acceptors (Lipinski definition) is 6. The Morgan fingerprint density at radius 1 is 1.28 bits per heavy atom. The highest BCUT2D eigenvalue weighted by molar-refractivity contribution is 7.91. The summed E-state index contributed by atoms with van der Waals surface area (Å²) in [6, 6.07) is 4.21. The normalized spacial score (nSPS) is 12.6. The van der Waals surface area contributed by atoms with Crippen molar-refractivity contribution in [1.29, 1.82) is 0 Å². The minimum absolute atomic E-state index is 0.0236. The summed E-state index contributed by atoms with van der Waals surface area (Å²) in [4.78, 5) is -0.0236.